The van der Waals surface area contributed by atoms with Gasteiger partial charge < -0.3 is 9.88 Å². The molecule has 1 N–H and O–H groups in total. The fourth-order valence-corrected chi connectivity index (χ4v) is 2.06. The van der Waals surface area contributed by atoms with Crippen molar-refractivity contribution in [3.8, 4) is 0 Å². The normalized spacial score (nSPS) is 10.7. The Morgan fingerprint density at radius 3 is 2.82 bits per heavy atom. The van der Waals surface area contributed by atoms with Crippen LogP contribution in [-0.2, 0) is 6.54 Å². The van der Waals surface area contributed by atoms with Crippen molar-refractivity contribution in [2.75, 3.05) is 13.1 Å². The van der Waals surface area contributed by atoms with Crippen LogP contribution < -0.4 is 10.9 Å². The first-order valence-electron chi connectivity index (χ1n) is 6.30. The first-order valence-corrected chi connectivity index (χ1v) is 7.10. The van der Waals surface area contributed by atoms with Gasteiger partial charge in [0.25, 0.3) is 5.56 Å². The largest absolute Gasteiger partial charge is 0.315 e. The van der Waals surface area contributed by atoms with Crippen LogP contribution >= 0.6 is 15.9 Å². The maximum absolute atomic E-state index is 11.5. The molecule has 4 heteroatoms. The van der Waals surface area contributed by atoms with E-state index in [0.717, 1.165) is 24.1 Å². The molecule has 0 aliphatic rings. The lowest BCUT2D eigenvalue weighted by Crippen LogP contribution is -2.26. The number of hydrogen-bond acceptors (Lipinski definition) is 2. The topological polar surface area (TPSA) is 34.0 Å². The molecule has 0 aliphatic heterocycles. The minimum Gasteiger partial charge on any atom is -0.315 e. The first kappa shape index (κ1) is 14.5. The molecule has 0 unspecified atom stereocenters. The van der Waals surface area contributed by atoms with Crippen LogP contribution in [-0.4, -0.2) is 17.7 Å². The molecule has 0 saturated carbocycles. The molecule has 0 radical (unpaired) electrons. The average Bonchev–Trinajstić information content (AvgIpc) is 2.32. The Morgan fingerprint density at radius 1 is 1.24 bits per heavy atom. The van der Waals surface area contributed by atoms with E-state index in [-0.39, 0.29) is 5.56 Å². The molecule has 1 aromatic heterocycles. The molecule has 0 aromatic carbocycles. The van der Waals surface area contributed by atoms with Crippen molar-refractivity contribution in [2.45, 2.75) is 39.2 Å². The molecule has 0 fully saturated rings. The lowest BCUT2D eigenvalue weighted by molar-refractivity contribution is 0.554. The van der Waals surface area contributed by atoms with Crippen molar-refractivity contribution in [3.05, 3.63) is 33.2 Å². The maximum atomic E-state index is 11.5. The molecule has 17 heavy (non-hydrogen) atoms. The molecule has 0 bridgehead atoms. The number of halogens is 1. The van der Waals surface area contributed by atoms with Gasteiger partial charge in [0, 0.05) is 29.8 Å². The fraction of sp³-hybridized carbons (Fsp3) is 0.615. The Hall–Kier alpha value is -0.610. The molecule has 3 nitrogen and oxygen atoms in total. The molecule has 0 saturated heterocycles. The lowest BCUT2D eigenvalue weighted by Gasteiger charge is -2.07. The molecule has 1 heterocycles. The van der Waals surface area contributed by atoms with Crippen LogP contribution in [0.1, 0.15) is 32.6 Å². The fourth-order valence-electron chi connectivity index (χ4n) is 1.68. The van der Waals surface area contributed by atoms with Crippen LogP contribution in [0.5, 0.6) is 0 Å². The van der Waals surface area contributed by atoms with Crippen molar-refractivity contribution in [3.63, 3.8) is 0 Å². The second-order valence-corrected chi connectivity index (χ2v) is 5.11. The third-order valence-electron chi connectivity index (χ3n) is 2.68. The highest BCUT2D eigenvalue weighted by atomic mass is 79.9. The van der Waals surface area contributed by atoms with E-state index in [9.17, 15) is 4.79 Å². The first-order chi connectivity index (χ1) is 8.24. The number of rotatable bonds is 8. The third kappa shape index (κ3) is 6.03. The Labute approximate surface area is 111 Å². The van der Waals surface area contributed by atoms with Crippen LogP contribution in [0.25, 0.3) is 0 Å². The lowest BCUT2D eigenvalue weighted by atomic mass is 10.2. The Morgan fingerprint density at radius 2 is 2.06 bits per heavy atom. The molecule has 0 amide bonds. The zero-order chi connectivity index (χ0) is 12.5. The molecular weight excluding hydrogens is 280 g/mol. The second kappa shape index (κ2) is 8.48. The van der Waals surface area contributed by atoms with Gasteiger partial charge in [-0.05, 0) is 35.0 Å². The molecule has 0 atom stereocenters. The summed E-state index contributed by atoms with van der Waals surface area (Å²) < 4.78 is 2.67. The van der Waals surface area contributed by atoms with Gasteiger partial charge in [-0.25, -0.2) is 0 Å². The molecular formula is C13H21BrN2O. The van der Waals surface area contributed by atoms with Crippen molar-refractivity contribution in [2.24, 2.45) is 0 Å². The zero-order valence-corrected chi connectivity index (χ0v) is 12.0. The van der Waals surface area contributed by atoms with Crippen LogP contribution in [0.15, 0.2) is 27.6 Å². The Balaban J connectivity index is 2.18. The van der Waals surface area contributed by atoms with E-state index in [1.54, 1.807) is 16.7 Å². The highest BCUT2D eigenvalue weighted by Gasteiger charge is 1.96. The molecule has 96 valence electrons. The number of pyridine rings is 1. The Kier molecular flexibility index (Phi) is 7.21. The number of hydrogen-bond donors (Lipinski definition) is 1. The standard InChI is InChI=1S/C13H21BrN2O/c1-2-3-4-5-8-15-9-10-16-11-12(14)6-7-13(16)17/h6-7,11,15H,2-5,8-10H2,1H3. The number of nitrogens with one attached hydrogen (secondary N) is 1. The van der Waals surface area contributed by atoms with Gasteiger partial charge >= 0.3 is 0 Å². The summed E-state index contributed by atoms with van der Waals surface area (Å²) in [4.78, 5) is 11.5. The van der Waals surface area contributed by atoms with Gasteiger partial charge in [-0.1, -0.05) is 26.2 Å². The van der Waals surface area contributed by atoms with E-state index in [1.807, 2.05) is 6.20 Å². The van der Waals surface area contributed by atoms with Gasteiger partial charge in [0.05, 0.1) is 0 Å². The summed E-state index contributed by atoms with van der Waals surface area (Å²) in [7, 11) is 0. The second-order valence-electron chi connectivity index (χ2n) is 4.19. The van der Waals surface area contributed by atoms with Crippen molar-refractivity contribution >= 4 is 15.9 Å². The minimum atomic E-state index is 0.0565. The number of unbranched alkanes of at least 4 members (excludes halogenated alkanes) is 3. The summed E-state index contributed by atoms with van der Waals surface area (Å²) in [5, 5.41) is 3.36. The van der Waals surface area contributed by atoms with E-state index in [0.29, 0.717) is 0 Å². The Bertz CT molecular complexity index is 376. The van der Waals surface area contributed by atoms with Gasteiger partial charge in [-0.15, -0.1) is 0 Å². The average molecular weight is 301 g/mol. The van der Waals surface area contributed by atoms with Gasteiger partial charge in [-0.2, -0.15) is 0 Å². The highest BCUT2D eigenvalue weighted by Crippen LogP contribution is 2.04. The van der Waals surface area contributed by atoms with Crippen molar-refractivity contribution < 1.29 is 0 Å². The van der Waals surface area contributed by atoms with Gasteiger partial charge in [0.2, 0.25) is 0 Å². The molecule has 1 aromatic rings. The van der Waals surface area contributed by atoms with Gasteiger partial charge in [0.15, 0.2) is 0 Å². The number of nitrogens with zero attached hydrogens (tertiary/aromatic N) is 1. The zero-order valence-electron chi connectivity index (χ0n) is 10.4. The van der Waals surface area contributed by atoms with Gasteiger partial charge in [0.1, 0.15) is 0 Å². The van der Waals surface area contributed by atoms with Crippen molar-refractivity contribution in [1.82, 2.24) is 9.88 Å². The predicted octanol–water partition coefficient (Wildman–Crippen LogP) is 2.78. The maximum Gasteiger partial charge on any atom is 0.250 e. The summed E-state index contributed by atoms with van der Waals surface area (Å²) >= 11 is 3.37. The monoisotopic (exact) mass is 300 g/mol. The van der Waals surface area contributed by atoms with E-state index >= 15 is 0 Å². The van der Waals surface area contributed by atoms with Crippen LogP contribution in [0.3, 0.4) is 0 Å². The third-order valence-corrected chi connectivity index (χ3v) is 3.15. The summed E-state index contributed by atoms with van der Waals surface area (Å²) in [6.07, 6.45) is 6.93. The van der Waals surface area contributed by atoms with Gasteiger partial charge in [-0.3, -0.25) is 4.79 Å². The van der Waals surface area contributed by atoms with E-state index < -0.39 is 0 Å². The predicted molar refractivity (Wildman–Crippen MR) is 75.4 cm³/mol. The smallest absolute Gasteiger partial charge is 0.250 e. The van der Waals surface area contributed by atoms with Crippen LogP contribution in [0, 0.1) is 0 Å². The summed E-state index contributed by atoms with van der Waals surface area (Å²) in [5.41, 5.74) is 0.0565. The van der Waals surface area contributed by atoms with Crippen molar-refractivity contribution in [1.29, 1.82) is 0 Å². The molecule has 0 aliphatic carbocycles. The summed E-state index contributed by atoms with van der Waals surface area (Å²) in [5.74, 6) is 0. The molecule has 1 rings (SSSR count). The summed E-state index contributed by atoms with van der Waals surface area (Å²) in [6, 6.07) is 3.36. The SMILES string of the molecule is CCCCCCNCCn1cc(Br)ccc1=O. The number of aromatic nitrogens is 1. The quantitative estimate of drug-likeness (QED) is 0.749. The minimum absolute atomic E-state index is 0.0565. The van der Waals surface area contributed by atoms with E-state index in [1.165, 1.54) is 25.7 Å². The molecule has 0 spiro atoms. The van der Waals surface area contributed by atoms with Crippen LogP contribution in [0.4, 0.5) is 0 Å². The highest BCUT2D eigenvalue weighted by molar-refractivity contribution is 9.10. The van der Waals surface area contributed by atoms with E-state index in [2.05, 4.69) is 28.2 Å². The van der Waals surface area contributed by atoms with E-state index in [4.69, 9.17) is 0 Å². The van der Waals surface area contributed by atoms with Crippen LogP contribution in [0.2, 0.25) is 0 Å². The summed E-state index contributed by atoms with van der Waals surface area (Å²) in [6.45, 7) is 4.84.